The van der Waals surface area contributed by atoms with Gasteiger partial charge in [0.05, 0.1) is 17.2 Å². The van der Waals surface area contributed by atoms with Crippen molar-refractivity contribution in [2.45, 2.75) is 38.8 Å². The van der Waals surface area contributed by atoms with Crippen LogP contribution in [-0.2, 0) is 6.54 Å². The molecule has 0 saturated heterocycles. The van der Waals surface area contributed by atoms with E-state index in [0.717, 1.165) is 19.3 Å². The molecule has 2 atom stereocenters. The van der Waals surface area contributed by atoms with E-state index in [1.807, 2.05) is 6.92 Å². The van der Waals surface area contributed by atoms with E-state index in [1.54, 1.807) is 4.57 Å². The highest BCUT2D eigenvalue weighted by molar-refractivity contribution is 5.93. The van der Waals surface area contributed by atoms with Gasteiger partial charge in [0.25, 0.3) is 11.6 Å². The zero-order chi connectivity index (χ0) is 14.7. The summed E-state index contributed by atoms with van der Waals surface area (Å²) in [6.07, 6.45) is 3.65. The van der Waals surface area contributed by atoms with Crippen molar-refractivity contribution in [1.82, 2.24) is 9.88 Å². The number of aliphatic hydroxyl groups excluding tert-OH is 1. The maximum absolute atomic E-state index is 12.1. The largest absolute Gasteiger partial charge is 0.393 e. The third-order valence-corrected chi connectivity index (χ3v) is 3.81. The van der Waals surface area contributed by atoms with Gasteiger partial charge in [-0.25, -0.2) is 0 Å². The standard InChI is InChI=1S/C13H19N3O4/c1-2-15-8-10(16(19)20)6-11(15)13(18)14-7-9-4-3-5-12(9)17/h6,8-9,12,17H,2-5,7H2,1H3,(H,14,18). The molecule has 0 aliphatic heterocycles. The number of aromatic nitrogens is 1. The first-order valence-corrected chi connectivity index (χ1v) is 6.83. The molecular weight excluding hydrogens is 262 g/mol. The Bertz CT molecular complexity index is 512. The summed E-state index contributed by atoms with van der Waals surface area (Å²) in [5.41, 5.74) is 0.199. The molecule has 20 heavy (non-hydrogen) atoms. The zero-order valence-corrected chi connectivity index (χ0v) is 11.4. The number of nitrogens with one attached hydrogen (secondary N) is 1. The SMILES string of the molecule is CCn1cc([N+](=O)[O-])cc1C(=O)NCC1CCCC1O. The van der Waals surface area contributed by atoms with Crippen LogP contribution in [0.2, 0.25) is 0 Å². The Hall–Kier alpha value is -1.89. The Morgan fingerprint density at radius 1 is 1.60 bits per heavy atom. The summed E-state index contributed by atoms with van der Waals surface area (Å²) < 4.78 is 1.55. The lowest BCUT2D eigenvalue weighted by Crippen LogP contribution is -2.33. The number of aliphatic hydroxyl groups is 1. The van der Waals surface area contributed by atoms with Gasteiger partial charge in [0.1, 0.15) is 5.69 Å². The van der Waals surface area contributed by atoms with Crippen molar-refractivity contribution in [1.29, 1.82) is 0 Å². The van der Waals surface area contributed by atoms with Gasteiger partial charge in [-0.1, -0.05) is 6.42 Å². The van der Waals surface area contributed by atoms with Crippen molar-refractivity contribution in [3.05, 3.63) is 28.1 Å². The topological polar surface area (TPSA) is 97.4 Å². The van der Waals surface area contributed by atoms with Crippen LogP contribution in [0.5, 0.6) is 0 Å². The lowest BCUT2D eigenvalue weighted by atomic mass is 10.1. The summed E-state index contributed by atoms with van der Waals surface area (Å²) in [4.78, 5) is 22.3. The molecule has 1 aliphatic rings. The zero-order valence-electron chi connectivity index (χ0n) is 11.4. The van der Waals surface area contributed by atoms with E-state index in [-0.39, 0.29) is 29.3 Å². The minimum absolute atomic E-state index is 0.0824. The minimum Gasteiger partial charge on any atom is -0.393 e. The average Bonchev–Trinajstić information content (AvgIpc) is 3.02. The molecule has 1 heterocycles. The van der Waals surface area contributed by atoms with Crippen LogP contribution in [0.1, 0.15) is 36.7 Å². The van der Waals surface area contributed by atoms with Gasteiger partial charge < -0.3 is 15.0 Å². The average molecular weight is 281 g/mol. The molecule has 2 N–H and O–H groups in total. The number of rotatable bonds is 5. The third kappa shape index (κ3) is 2.98. The van der Waals surface area contributed by atoms with Crippen molar-refractivity contribution in [3.63, 3.8) is 0 Å². The summed E-state index contributed by atoms with van der Waals surface area (Å²) in [6, 6.07) is 1.28. The Labute approximate surface area is 116 Å². The summed E-state index contributed by atoms with van der Waals surface area (Å²) in [6.45, 7) is 2.71. The van der Waals surface area contributed by atoms with Crippen LogP contribution in [0.15, 0.2) is 12.3 Å². The van der Waals surface area contributed by atoms with Gasteiger partial charge in [-0.05, 0) is 19.8 Å². The highest BCUT2D eigenvalue weighted by Crippen LogP contribution is 2.25. The van der Waals surface area contributed by atoms with Crippen molar-refractivity contribution >= 4 is 11.6 Å². The minimum atomic E-state index is -0.510. The van der Waals surface area contributed by atoms with E-state index < -0.39 is 4.92 Å². The molecule has 1 amide bonds. The quantitative estimate of drug-likeness (QED) is 0.628. The first kappa shape index (κ1) is 14.5. The Kier molecular flexibility index (Phi) is 4.39. The van der Waals surface area contributed by atoms with Gasteiger partial charge in [-0.2, -0.15) is 0 Å². The van der Waals surface area contributed by atoms with Crippen molar-refractivity contribution in [2.75, 3.05) is 6.54 Å². The summed E-state index contributed by atoms with van der Waals surface area (Å²) >= 11 is 0. The molecule has 110 valence electrons. The summed E-state index contributed by atoms with van der Waals surface area (Å²) in [7, 11) is 0. The predicted molar refractivity (Wildman–Crippen MR) is 72.4 cm³/mol. The summed E-state index contributed by atoms with van der Waals surface area (Å²) in [5, 5.41) is 23.2. The van der Waals surface area contributed by atoms with Crippen molar-refractivity contribution in [2.24, 2.45) is 5.92 Å². The van der Waals surface area contributed by atoms with Crippen LogP contribution in [0.4, 0.5) is 5.69 Å². The fourth-order valence-electron chi connectivity index (χ4n) is 2.62. The van der Waals surface area contributed by atoms with Gasteiger partial charge in [0, 0.05) is 25.1 Å². The van der Waals surface area contributed by atoms with Crippen LogP contribution in [0, 0.1) is 16.0 Å². The number of amides is 1. The molecule has 0 bridgehead atoms. The van der Waals surface area contributed by atoms with Crippen LogP contribution < -0.4 is 5.32 Å². The molecule has 0 aromatic carbocycles. The predicted octanol–water partition coefficient (Wildman–Crippen LogP) is 1.31. The van der Waals surface area contributed by atoms with E-state index >= 15 is 0 Å². The fraction of sp³-hybridized carbons (Fsp3) is 0.615. The number of hydrogen-bond acceptors (Lipinski definition) is 4. The number of nitro groups is 1. The number of carbonyl (C=O) groups is 1. The monoisotopic (exact) mass is 281 g/mol. The fourth-order valence-corrected chi connectivity index (χ4v) is 2.62. The second kappa shape index (κ2) is 6.04. The van der Waals surface area contributed by atoms with Crippen LogP contribution in [0.3, 0.4) is 0 Å². The molecule has 1 aromatic heterocycles. The Morgan fingerprint density at radius 2 is 2.35 bits per heavy atom. The number of nitrogens with zero attached hydrogens (tertiary/aromatic N) is 2. The first-order chi connectivity index (χ1) is 9.52. The smallest absolute Gasteiger partial charge is 0.287 e. The lowest BCUT2D eigenvalue weighted by molar-refractivity contribution is -0.384. The molecule has 0 radical (unpaired) electrons. The molecule has 1 saturated carbocycles. The maximum Gasteiger partial charge on any atom is 0.287 e. The van der Waals surface area contributed by atoms with E-state index in [4.69, 9.17) is 0 Å². The Balaban J connectivity index is 2.03. The molecule has 2 unspecified atom stereocenters. The van der Waals surface area contributed by atoms with E-state index in [0.29, 0.717) is 13.1 Å². The molecule has 1 fully saturated rings. The second-order valence-corrected chi connectivity index (χ2v) is 5.10. The third-order valence-electron chi connectivity index (χ3n) is 3.81. The van der Waals surface area contributed by atoms with E-state index in [2.05, 4.69) is 5.32 Å². The van der Waals surface area contributed by atoms with Gasteiger partial charge >= 0.3 is 0 Å². The van der Waals surface area contributed by atoms with Crippen molar-refractivity contribution in [3.8, 4) is 0 Å². The van der Waals surface area contributed by atoms with Gasteiger partial charge in [-0.3, -0.25) is 14.9 Å². The Morgan fingerprint density at radius 3 is 2.90 bits per heavy atom. The molecule has 1 aromatic rings. The van der Waals surface area contributed by atoms with Crippen LogP contribution in [-0.4, -0.2) is 33.2 Å². The van der Waals surface area contributed by atoms with E-state index in [9.17, 15) is 20.0 Å². The number of carbonyl (C=O) groups excluding carboxylic acids is 1. The molecule has 7 nitrogen and oxygen atoms in total. The van der Waals surface area contributed by atoms with Crippen molar-refractivity contribution < 1.29 is 14.8 Å². The number of hydrogen-bond donors (Lipinski definition) is 2. The lowest BCUT2D eigenvalue weighted by Gasteiger charge is -2.15. The number of aryl methyl sites for hydroxylation is 1. The molecule has 2 rings (SSSR count). The molecule has 7 heteroatoms. The molecule has 0 spiro atoms. The van der Waals surface area contributed by atoms with E-state index in [1.165, 1.54) is 12.3 Å². The summed E-state index contributed by atoms with van der Waals surface area (Å²) in [5.74, 6) is -0.252. The van der Waals surface area contributed by atoms with Crippen LogP contribution in [0.25, 0.3) is 0 Å². The molecular formula is C13H19N3O4. The molecule has 1 aliphatic carbocycles. The van der Waals surface area contributed by atoms with Crippen LogP contribution >= 0.6 is 0 Å². The highest BCUT2D eigenvalue weighted by atomic mass is 16.6. The highest BCUT2D eigenvalue weighted by Gasteiger charge is 2.26. The second-order valence-electron chi connectivity index (χ2n) is 5.10. The first-order valence-electron chi connectivity index (χ1n) is 6.83. The van der Waals surface area contributed by atoms with Gasteiger partial charge in [0.15, 0.2) is 0 Å². The normalized spacial score (nSPS) is 21.9. The van der Waals surface area contributed by atoms with Gasteiger partial charge in [0.2, 0.25) is 0 Å². The maximum atomic E-state index is 12.1. The van der Waals surface area contributed by atoms with Gasteiger partial charge in [-0.15, -0.1) is 0 Å².